The SMILES string of the molecule is NCCCN(C(=O)COCC(F)(F)F)C1CC1. The van der Waals surface area contributed by atoms with E-state index in [0.29, 0.717) is 19.5 Å². The summed E-state index contributed by atoms with van der Waals surface area (Å²) in [5.74, 6) is -0.384. The minimum Gasteiger partial charge on any atom is -0.362 e. The highest BCUT2D eigenvalue weighted by molar-refractivity contribution is 5.78. The Balaban J connectivity index is 2.27. The van der Waals surface area contributed by atoms with Crippen molar-refractivity contribution in [2.75, 3.05) is 26.3 Å². The first-order valence-electron chi connectivity index (χ1n) is 5.58. The van der Waals surface area contributed by atoms with Crippen LogP contribution < -0.4 is 5.73 Å². The summed E-state index contributed by atoms with van der Waals surface area (Å²) in [7, 11) is 0. The fraction of sp³-hybridized carbons (Fsp3) is 0.900. The molecule has 7 heteroatoms. The molecule has 1 rings (SSSR count). The van der Waals surface area contributed by atoms with Gasteiger partial charge < -0.3 is 15.4 Å². The monoisotopic (exact) mass is 254 g/mol. The predicted octanol–water partition coefficient (Wildman–Crippen LogP) is 0.905. The van der Waals surface area contributed by atoms with Crippen molar-refractivity contribution in [1.29, 1.82) is 0 Å². The number of alkyl halides is 3. The number of nitrogens with zero attached hydrogens (tertiary/aromatic N) is 1. The first kappa shape index (κ1) is 14.2. The van der Waals surface area contributed by atoms with Gasteiger partial charge in [-0.2, -0.15) is 13.2 Å². The Bertz CT molecular complexity index is 254. The lowest BCUT2D eigenvalue weighted by Crippen LogP contribution is -2.38. The molecule has 0 aromatic carbocycles. The molecule has 100 valence electrons. The fourth-order valence-electron chi connectivity index (χ4n) is 1.50. The van der Waals surface area contributed by atoms with E-state index in [0.717, 1.165) is 12.8 Å². The van der Waals surface area contributed by atoms with E-state index in [1.54, 1.807) is 4.90 Å². The summed E-state index contributed by atoms with van der Waals surface area (Å²) in [4.78, 5) is 13.2. The van der Waals surface area contributed by atoms with Crippen LogP contribution >= 0.6 is 0 Å². The van der Waals surface area contributed by atoms with Crippen molar-refractivity contribution in [3.05, 3.63) is 0 Å². The van der Waals surface area contributed by atoms with Crippen LogP contribution in [0.3, 0.4) is 0 Å². The molecular weight excluding hydrogens is 237 g/mol. The lowest BCUT2D eigenvalue weighted by atomic mass is 10.3. The number of hydrogen-bond donors (Lipinski definition) is 1. The average Bonchev–Trinajstić information content (AvgIpc) is 3.00. The molecule has 0 heterocycles. The summed E-state index contributed by atoms with van der Waals surface area (Å²) in [6, 6.07) is 0.170. The van der Waals surface area contributed by atoms with Gasteiger partial charge in [0.1, 0.15) is 13.2 Å². The Morgan fingerprint density at radius 1 is 1.41 bits per heavy atom. The largest absolute Gasteiger partial charge is 0.411 e. The van der Waals surface area contributed by atoms with Crippen molar-refractivity contribution in [3.8, 4) is 0 Å². The summed E-state index contributed by atoms with van der Waals surface area (Å²) < 4.78 is 39.8. The van der Waals surface area contributed by atoms with E-state index in [4.69, 9.17) is 5.73 Å². The molecule has 2 N–H and O–H groups in total. The third-order valence-corrected chi connectivity index (χ3v) is 2.40. The summed E-state index contributed by atoms with van der Waals surface area (Å²) >= 11 is 0. The second-order valence-electron chi connectivity index (χ2n) is 4.07. The zero-order valence-electron chi connectivity index (χ0n) is 9.50. The molecule has 1 aliphatic rings. The maximum absolute atomic E-state index is 11.8. The molecule has 0 radical (unpaired) electrons. The average molecular weight is 254 g/mol. The summed E-state index contributed by atoms with van der Waals surface area (Å²) in [6.45, 7) is -0.940. The molecule has 0 atom stereocenters. The second-order valence-corrected chi connectivity index (χ2v) is 4.07. The van der Waals surface area contributed by atoms with E-state index in [-0.39, 0.29) is 11.9 Å². The number of hydrogen-bond acceptors (Lipinski definition) is 3. The second kappa shape index (κ2) is 6.20. The van der Waals surface area contributed by atoms with Crippen LogP contribution in [0.1, 0.15) is 19.3 Å². The van der Waals surface area contributed by atoms with Crippen molar-refractivity contribution in [3.63, 3.8) is 0 Å². The number of halogens is 3. The Morgan fingerprint density at radius 3 is 2.53 bits per heavy atom. The highest BCUT2D eigenvalue weighted by Crippen LogP contribution is 2.27. The van der Waals surface area contributed by atoms with Gasteiger partial charge >= 0.3 is 6.18 Å². The van der Waals surface area contributed by atoms with Crippen molar-refractivity contribution < 1.29 is 22.7 Å². The number of carbonyl (C=O) groups excluding carboxylic acids is 1. The highest BCUT2D eigenvalue weighted by atomic mass is 19.4. The van der Waals surface area contributed by atoms with Crippen LogP contribution in [0, 0.1) is 0 Å². The van der Waals surface area contributed by atoms with Crippen LogP contribution in [0.4, 0.5) is 13.2 Å². The van der Waals surface area contributed by atoms with Crippen LogP contribution in [0.2, 0.25) is 0 Å². The lowest BCUT2D eigenvalue weighted by Gasteiger charge is -2.22. The Morgan fingerprint density at radius 2 is 2.06 bits per heavy atom. The molecule has 0 aromatic rings. The van der Waals surface area contributed by atoms with E-state index >= 15 is 0 Å². The number of amides is 1. The summed E-state index contributed by atoms with van der Waals surface area (Å²) in [5, 5.41) is 0. The van der Waals surface area contributed by atoms with Gasteiger partial charge in [-0.05, 0) is 25.8 Å². The summed E-state index contributed by atoms with van der Waals surface area (Å²) in [5.41, 5.74) is 5.34. The molecule has 0 unspecified atom stereocenters. The number of ether oxygens (including phenoxy) is 1. The Hall–Kier alpha value is -0.820. The van der Waals surface area contributed by atoms with Gasteiger partial charge in [0.05, 0.1) is 0 Å². The minimum atomic E-state index is -4.39. The molecule has 0 aromatic heterocycles. The first-order valence-corrected chi connectivity index (χ1v) is 5.58. The zero-order chi connectivity index (χ0) is 12.9. The third-order valence-electron chi connectivity index (χ3n) is 2.40. The zero-order valence-corrected chi connectivity index (χ0v) is 9.50. The number of rotatable bonds is 7. The van der Waals surface area contributed by atoms with E-state index in [1.807, 2.05) is 0 Å². The molecule has 4 nitrogen and oxygen atoms in total. The van der Waals surface area contributed by atoms with E-state index in [9.17, 15) is 18.0 Å². The highest BCUT2D eigenvalue weighted by Gasteiger charge is 2.33. The van der Waals surface area contributed by atoms with Crippen molar-refractivity contribution in [2.24, 2.45) is 5.73 Å². The molecule has 1 aliphatic carbocycles. The third kappa shape index (κ3) is 5.88. The number of nitrogens with two attached hydrogens (primary N) is 1. The molecule has 1 saturated carbocycles. The first-order chi connectivity index (χ1) is 7.94. The van der Waals surface area contributed by atoms with Gasteiger partial charge in [0, 0.05) is 12.6 Å². The van der Waals surface area contributed by atoms with Crippen LogP contribution in [-0.4, -0.2) is 49.3 Å². The molecule has 17 heavy (non-hydrogen) atoms. The normalized spacial score (nSPS) is 16.0. The smallest absolute Gasteiger partial charge is 0.362 e. The number of carbonyl (C=O) groups is 1. The van der Waals surface area contributed by atoms with Gasteiger partial charge in [0.2, 0.25) is 5.91 Å². The molecule has 0 aliphatic heterocycles. The molecule has 1 amide bonds. The van der Waals surface area contributed by atoms with Gasteiger partial charge in [-0.25, -0.2) is 0 Å². The van der Waals surface area contributed by atoms with Crippen LogP contribution in [-0.2, 0) is 9.53 Å². The lowest BCUT2D eigenvalue weighted by molar-refractivity contribution is -0.178. The van der Waals surface area contributed by atoms with Crippen molar-refractivity contribution in [2.45, 2.75) is 31.5 Å². The van der Waals surface area contributed by atoms with Crippen molar-refractivity contribution >= 4 is 5.91 Å². The van der Waals surface area contributed by atoms with Gasteiger partial charge in [-0.3, -0.25) is 4.79 Å². The van der Waals surface area contributed by atoms with Gasteiger partial charge in [0.25, 0.3) is 0 Å². The molecule has 0 spiro atoms. The van der Waals surface area contributed by atoms with Gasteiger partial charge in [0.15, 0.2) is 0 Å². The minimum absolute atomic E-state index is 0.170. The molecule has 1 fully saturated rings. The topological polar surface area (TPSA) is 55.6 Å². The Labute approximate surface area is 97.9 Å². The predicted molar refractivity (Wildman–Crippen MR) is 55.3 cm³/mol. The maximum Gasteiger partial charge on any atom is 0.411 e. The standard InChI is InChI=1S/C10H17F3N2O2/c11-10(12,13)7-17-6-9(16)15(5-1-4-14)8-2-3-8/h8H,1-7,14H2. The van der Waals surface area contributed by atoms with E-state index < -0.39 is 19.4 Å². The summed E-state index contributed by atoms with van der Waals surface area (Å²) in [6.07, 6.45) is -1.91. The molecule has 0 saturated heterocycles. The molecule has 0 bridgehead atoms. The van der Waals surface area contributed by atoms with Crippen molar-refractivity contribution in [1.82, 2.24) is 4.90 Å². The molecular formula is C10H17F3N2O2. The quantitative estimate of drug-likeness (QED) is 0.734. The van der Waals surface area contributed by atoms with E-state index in [2.05, 4.69) is 4.74 Å². The van der Waals surface area contributed by atoms with Gasteiger partial charge in [-0.15, -0.1) is 0 Å². The van der Waals surface area contributed by atoms with Crippen LogP contribution in [0.15, 0.2) is 0 Å². The maximum atomic E-state index is 11.8. The van der Waals surface area contributed by atoms with Crippen LogP contribution in [0.25, 0.3) is 0 Å². The Kier molecular flexibility index (Phi) is 5.20. The van der Waals surface area contributed by atoms with Gasteiger partial charge in [-0.1, -0.05) is 0 Å². The van der Waals surface area contributed by atoms with E-state index in [1.165, 1.54) is 0 Å². The fourth-order valence-corrected chi connectivity index (χ4v) is 1.50. The van der Waals surface area contributed by atoms with Crippen LogP contribution in [0.5, 0.6) is 0 Å².